The minimum Gasteiger partial charge on any atom is -0.354 e. The lowest BCUT2D eigenvalue weighted by molar-refractivity contribution is -0.121. The van der Waals surface area contributed by atoms with E-state index < -0.39 is 0 Å². The van der Waals surface area contributed by atoms with Crippen LogP contribution < -0.4 is 10.9 Å². The summed E-state index contributed by atoms with van der Waals surface area (Å²) >= 11 is 7.37. The predicted octanol–water partition coefficient (Wildman–Crippen LogP) is 3.64. The summed E-state index contributed by atoms with van der Waals surface area (Å²) in [5.41, 5.74) is 1.35. The van der Waals surface area contributed by atoms with Crippen molar-refractivity contribution in [1.29, 1.82) is 0 Å². The number of hydrogen-bond acceptors (Lipinski definition) is 6. The van der Waals surface area contributed by atoms with Crippen molar-refractivity contribution < 1.29 is 9.32 Å². The number of benzene rings is 1. The smallest absolute Gasteiger partial charge is 0.259 e. The molecule has 1 aromatic carbocycles. The van der Waals surface area contributed by atoms with E-state index in [0.29, 0.717) is 29.4 Å². The normalized spacial score (nSPS) is 10.8. The molecule has 7 nitrogen and oxygen atoms in total. The van der Waals surface area contributed by atoms with E-state index in [1.807, 2.05) is 41.8 Å². The molecule has 1 amide bonds. The second kappa shape index (κ2) is 9.06. The van der Waals surface area contributed by atoms with Gasteiger partial charge in [0.2, 0.25) is 11.7 Å². The van der Waals surface area contributed by atoms with Gasteiger partial charge in [-0.2, -0.15) is 4.98 Å². The Balaban J connectivity index is 1.40. The van der Waals surface area contributed by atoms with Crippen molar-refractivity contribution >= 4 is 28.8 Å². The van der Waals surface area contributed by atoms with Crippen LogP contribution in [0, 0.1) is 0 Å². The van der Waals surface area contributed by atoms with Crippen LogP contribution in [-0.4, -0.2) is 27.2 Å². The SMILES string of the molecule is O=C(Cn1cc(-c2nc(-c3cccs3)no2)ccc1=O)NCCc1ccc(Cl)cc1. The van der Waals surface area contributed by atoms with Gasteiger partial charge in [-0.3, -0.25) is 9.59 Å². The maximum absolute atomic E-state index is 12.3. The molecule has 0 aliphatic rings. The van der Waals surface area contributed by atoms with Gasteiger partial charge in [0.05, 0.1) is 10.4 Å². The first-order chi connectivity index (χ1) is 14.6. The van der Waals surface area contributed by atoms with Gasteiger partial charge >= 0.3 is 0 Å². The van der Waals surface area contributed by atoms with E-state index in [1.54, 1.807) is 12.3 Å². The minimum absolute atomic E-state index is 0.0980. The zero-order valence-corrected chi connectivity index (χ0v) is 17.3. The van der Waals surface area contributed by atoms with Gasteiger partial charge in [0, 0.05) is 23.8 Å². The number of nitrogens with zero attached hydrogens (tertiary/aromatic N) is 3. The summed E-state index contributed by atoms with van der Waals surface area (Å²) in [4.78, 5) is 29.7. The summed E-state index contributed by atoms with van der Waals surface area (Å²) in [5, 5.41) is 9.39. The molecule has 0 fully saturated rings. The zero-order chi connectivity index (χ0) is 20.9. The predicted molar refractivity (Wildman–Crippen MR) is 115 cm³/mol. The van der Waals surface area contributed by atoms with Crippen LogP contribution in [-0.2, 0) is 17.8 Å². The molecule has 4 rings (SSSR count). The van der Waals surface area contributed by atoms with E-state index in [9.17, 15) is 9.59 Å². The fraction of sp³-hybridized carbons (Fsp3) is 0.143. The molecule has 152 valence electrons. The highest BCUT2D eigenvalue weighted by Crippen LogP contribution is 2.24. The molecule has 3 heterocycles. The van der Waals surface area contributed by atoms with Gasteiger partial charge in [-0.25, -0.2) is 0 Å². The van der Waals surface area contributed by atoms with Gasteiger partial charge in [-0.1, -0.05) is 35.0 Å². The van der Waals surface area contributed by atoms with Crippen LogP contribution in [0.4, 0.5) is 0 Å². The van der Waals surface area contributed by atoms with E-state index >= 15 is 0 Å². The van der Waals surface area contributed by atoms with Crippen molar-refractivity contribution in [2.75, 3.05) is 6.54 Å². The summed E-state index contributed by atoms with van der Waals surface area (Å²) in [6, 6.07) is 14.2. The van der Waals surface area contributed by atoms with Crippen LogP contribution in [0.3, 0.4) is 0 Å². The van der Waals surface area contributed by atoms with Gasteiger partial charge in [-0.15, -0.1) is 11.3 Å². The average Bonchev–Trinajstić information content (AvgIpc) is 3.43. The summed E-state index contributed by atoms with van der Waals surface area (Å²) in [6.45, 7) is 0.363. The second-order valence-corrected chi connectivity index (χ2v) is 7.89. The van der Waals surface area contributed by atoms with Crippen LogP contribution >= 0.6 is 22.9 Å². The molecular formula is C21H17ClN4O3S. The highest BCUT2D eigenvalue weighted by Gasteiger charge is 2.13. The monoisotopic (exact) mass is 440 g/mol. The van der Waals surface area contributed by atoms with Crippen LogP contribution in [0.1, 0.15) is 5.56 Å². The molecule has 3 aromatic heterocycles. The molecule has 0 aliphatic carbocycles. The molecule has 0 radical (unpaired) electrons. The fourth-order valence-electron chi connectivity index (χ4n) is 2.84. The minimum atomic E-state index is -0.287. The van der Waals surface area contributed by atoms with E-state index in [4.69, 9.17) is 16.1 Å². The Bertz CT molecular complexity index is 1200. The van der Waals surface area contributed by atoms with E-state index in [0.717, 1.165) is 10.4 Å². The lowest BCUT2D eigenvalue weighted by Crippen LogP contribution is -2.33. The number of pyridine rings is 1. The van der Waals surface area contributed by atoms with Gasteiger partial charge < -0.3 is 14.4 Å². The maximum Gasteiger partial charge on any atom is 0.259 e. The fourth-order valence-corrected chi connectivity index (χ4v) is 3.61. The zero-order valence-electron chi connectivity index (χ0n) is 15.7. The van der Waals surface area contributed by atoms with Crippen LogP contribution in [0.25, 0.3) is 22.2 Å². The number of hydrogen-bond donors (Lipinski definition) is 1. The summed E-state index contributed by atoms with van der Waals surface area (Å²) < 4.78 is 6.64. The molecular weight excluding hydrogens is 424 g/mol. The molecule has 30 heavy (non-hydrogen) atoms. The average molecular weight is 441 g/mol. The Morgan fingerprint density at radius 3 is 2.77 bits per heavy atom. The first-order valence-electron chi connectivity index (χ1n) is 9.18. The lowest BCUT2D eigenvalue weighted by Gasteiger charge is -2.08. The molecule has 0 aliphatic heterocycles. The number of halogens is 1. The first-order valence-corrected chi connectivity index (χ1v) is 10.4. The van der Waals surface area contributed by atoms with Crippen molar-refractivity contribution in [1.82, 2.24) is 20.0 Å². The number of aromatic nitrogens is 3. The third kappa shape index (κ3) is 4.84. The molecule has 0 atom stereocenters. The Morgan fingerprint density at radius 2 is 2.00 bits per heavy atom. The molecule has 4 aromatic rings. The van der Waals surface area contributed by atoms with E-state index in [2.05, 4.69) is 15.5 Å². The molecule has 0 unspecified atom stereocenters. The molecule has 0 saturated heterocycles. The third-order valence-corrected chi connectivity index (χ3v) is 5.48. The molecule has 0 saturated carbocycles. The Kier molecular flexibility index (Phi) is 6.06. The topological polar surface area (TPSA) is 90.0 Å². The molecule has 9 heteroatoms. The highest BCUT2D eigenvalue weighted by atomic mass is 35.5. The molecule has 0 spiro atoms. The van der Waals surface area contributed by atoms with Crippen LogP contribution in [0.2, 0.25) is 5.02 Å². The lowest BCUT2D eigenvalue weighted by atomic mass is 10.1. The number of thiophene rings is 1. The molecule has 1 N–H and O–H groups in total. The third-order valence-electron chi connectivity index (χ3n) is 4.36. The number of rotatable bonds is 7. The number of carbonyl (C=O) groups is 1. The maximum atomic E-state index is 12.3. The van der Waals surface area contributed by atoms with Crippen molar-refractivity contribution in [3.05, 3.63) is 81.0 Å². The second-order valence-electron chi connectivity index (χ2n) is 6.51. The van der Waals surface area contributed by atoms with Gasteiger partial charge in [0.1, 0.15) is 6.54 Å². The summed E-state index contributed by atoms with van der Waals surface area (Å²) in [5.74, 6) is 0.515. The van der Waals surface area contributed by atoms with Crippen molar-refractivity contribution in [2.45, 2.75) is 13.0 Å². The largest absolute Gasteiger partial charge is 0.354 e. The number of nitrogens with one attached hydrogen (secondary N) is 1. The van der Waals surface area contributed by atoms with E-state index in [1.165, 1.54) is 22.0 Å². The van der Waals surface area contributed by atoms with Crippen molar-refractivity contribution in [3.63, 3.8) is 0 Å². The Hall–Kier alpha value is -3.23. The molecule has 0 bridgehead atoms. The number of carbonyl (C=O) groups excluding carboxylic acids is 1. The summed E-state index contributed by atoms with van der Waals surface area (Å²) in [6.07, 6.45) is 2.22. The van der Waals surface area contributed by atoms with Crippen molar-refractivity contribution in [3.8, 4) is 22.2 Å². The Labute approximate surface area is 180 Å². The first kappa shape index (κ1) is 20.1. The summed E-state index contributed by atoms with van der Waals surface area (Å²) in [7, 11) is 0. The van der Waals surface area contributed by atoms with Crippen LogP contribution in [0.5, 0.6) is 0 Å². The van der Waals surface area contributed by atoms with Gasteiger partial charge in [0.25, 0.3) is 11.4 Å². The highest BCUT2D eigenvalue weighted by molar-refractivity contribution is 7.13. The van der Waals surface area contributed by atoms with Gasteiger partial charge in [0.15, 0.2) is 0 Å². The van der Waals surface area contributed by atoms with Crippen LogP contribution in [0.15, 0.2) is 69.4 Å². The quantitative estimate of drug-likeness (QED) is 0.474. The van der Waals surface area contributed by atoms with Gasteiger partial charge in [-0.05, 0) is 41.6 Å². The standard InChI is InChI=1S/C21H17ClN4O3S/c22-16-6-3-14(4-7-16)9-10-23-18(27)13-26-12-15(5-8-19(26)28)21-24-20(25-29-21)17-2-1-11-30-17/h1-8,11-12H,9-10,13H2,(H,23,27). The van der Waals surface area contributed by atoms with Crippen molar-refractivity contribution in [2.24, 2.45) is 0 Å². The van der Waals surface area contributed by atoms with E-state index in [-0.39, 0.29) is 23.9 Å². The Morgan fingerprint density at radius 1 is 1.17 bits per heavy atom. The number of amides is 1.